The van der Waals surface area contributed by atoms with Crippen LogP contribution in [-0.4, -0.2) is 33.4 Å². The first kappa shape index (κ1) is 13.4. The van der Waals surface area contributed by atoms with Crippen LogP contribution < -0.4 is 10.6 Å². The summed E-state index contributed by atoms with van der Waals surface area (Å²) < 4.78 is 1.79. The third kappa shape index (κ3) is 3.97. The van der Waals surface area contributed by atoms with Crippen LogP contribution in [0.15, 0.2) is 6.07 Å². The van der Waals surface area contributed by atoms with Gasteiger partial charge in [0, 0.05) is 37.7 Å². The number of nitrogens with zero attached hydrogens (tertiary/aromatic N) is 2. The molecule has 1 heterocycles. The zero-order valence-corrected chi connectivity index (χ0v) is 10.8. The number of rotatable bonds is 6. The molecule has 2 amide bonds. The highest BCUT2D eigenvalue weighted by Crippen LogP contribution is 2.40. The predicted octanol–water partition coefficient (Wildman–Crippen LogP) is 1.28. The number of anilines is 1. The Hall–Kier alpha value is -2.05. The van der Waals surface area contributed by atoms with Crippen LogP contribution in [0.2, 0.25) is 0 Å². The molecule has 19 heavy (non-hydrogen) atoms. The summed E-state index contributed by atoms with van der Waals surface area (Å²) in [7, 11) is 1.86. The molecule has 0 bridgehead atoms. The number of carboxylic acid groups (broad SMARTS) is 1. The Morgan fingerprint density at radius 1 is 1.53 bits per heavy atom. The van der Waals surface area contributed by atoms with Gasteiger partial charge in [-0.25, -0.2) is 4.79 Å². The molecule has 1 aromatic rings. The van der Waals surface area contributed by atoms with E-state index in [1.807, 2.05) is 13.1 Å². The van der Waals surface area contributed by atoms with Crippen molar-refractivity contribution < 1.29 is 14.7 Å². The molecule has 2 rings (SSSR count). The first-order valence-electron chi connectivity index (χ1n) is 6.37. The third-order valence-electron chi connectivity index (χ3n) is 3.01. The molecule has 0 atom stereocenters. The Bertz CT molecular complexity index is 479. The van der Waals surface area contributed by atoms with E-state index in [1.54, 1.807) is 4.68 Å². The van der Waals surface area contributed by atoms with E-state index in [4.69, 9.17) is 5.11 Å². The number of carbonyl (C=O) groups excluding carboxylic acids is 1. The SMILES string of the molecule is Cn1nc(NC(=O)NCCCC(=O)O)cc1C1CC1. The molecule has 0 aliphatic heterocycles. The highest BCUT2D eigenvalue weighted by Gasteiger charge is 2.27. The third-order valence-corrected chi connectivity index (χ3v) is 3.01. The van der Waals surface area contributed by atoms with E-state index in [9.17, 15) is 9.59 Å². The zero-order valence-electron chi connectivity index (χ0n) is 10.8. The first-order chi connectivity index (χ1) is 9.06. The Labute approximate surface area is 111 Å². The number of hydrogen-bond acceptors (Lipinski definition) is 3. The molecule has 3 N–H and O–H groups in total. The van der Waals surface area contributed by atoms with Crippen molar-refractivity contribution >= 4 is 17.8 Å². The minimum Gasteiger partial charge on any atom is -0.481 e. The van der Waals surface area contributed by atoms with Gasteiger partial charge < -0.3 is 10.4 Å². The fourth-order valence-electron chi connectivity index (χ4n) is 1.91. The number of urea groups is 1. The van der Waals surface area contributed by atoms with E-state index in [0.29, 0.717) is 24.7 Å². The van der Waals surface area contributed by atoms with Crippen LogP contribution in [0.3, 0.4) is 0 Å². The molecule has 0 unspecified atom stereocenters. The van der Waals surface area contributed by atoms with E-state index in [0.717, 1.165) is 5.69 Å². The highest BCUT2D eigenvalue weighted by atomic mass is 16.4. The van der Waals surface area contributed by atoms with E-state index < -0.39 is 5.97 Å². The van der Waals surface area contributed by atoms with Crippen molar-refractivity contribution in [2.45, 2.75) is 31.6 Å². The first-order valence-corrected chi connectivity index (χ1v) is 6.37. The number of amides is 2. The lowest BCUT2D eigenvalue weighted by atomic mass is 10.3. The maximum Gasteiger partial charge on any atom is 0.320 e. The lowest BCUT2D eigenvalue weighted by Gasteiger charge is -2.03. The van der Waals surface area contributed by atoms with Crippen molar-refractivity contribution in [3.8, 4) is 0 Å². The summed E-state index contributed by atoms with van der Waals surface area (Å²) in [6.07, 6.45) is 2.83. The normalized spacial score (nSPS) is 14.2. The Kier molecular flexibility index (Phi) is 4.03. The molecule has 0 aromatic carbocycles. The topological polar surface area (TPSA) is 96.3 Å². The second-order valence-electron chi connectivity index (χ2n) is 4.73. The fraction of sp³-hybridized carbons (Fsp3) is 0.583. The van der Waals surface area contributed by atoms with Gasteiger partial charge >= 0.3 is 12.0 Å². The van der Waals surface area contributed by atoms with Crippen LogP contribution in [0.5, 0.6) is 0 Å². The van der Waals surface area contributed by atoms with Gasteiger partial charge in [0.25, 0.3) is 0 Å². The minimum absolute atomic E-state index is 0.0513. The monoisotopic (exact) mass is 266 g/mol. The van der Waals surface area contributed by atoms with Gasteiger partial charge in [-0.2, -0.15) is 5.10 Å². The molecule has 7 heteroatoms. The summed E-state index contributed by atoms with van der Waals surface area (Å²) in [5.74, 6) is 0.243. The fourth-order valence-corrected chi connectivity index (χ4v) is 1.91. The van der Waals surface area contributed by atoms with Crippen molar-refractivity contribution in [1.82, 2.24) is 15.1 Å². The summed E-state index contributed by atoms with van der Waals surface area (Å²) in [6.45, 7) is 0.334. The van der Waals surface area contributed by atoms with Gasteiger partial charge in [-0.15, -0.1) is 0 Å². The molecular weight excluding hydrogens is 248 g/mol. The van der Waals surface area contributed by atoms with Gasteiger partial charge in [0.1, 0.15) is 0 Å². The van der Waals surface area contributed by atoms with Crippen LogP contribution in [0, 0.1) is 0 Å². The molecule has 0 saturated heterocycles. The van der Waals surface area contributed by atoms with Gasteiger partial charge in [-0.3, -0.25) is 14.8 Å². The lowest BCUT2D eigenvalue weighted by molar-refractivity contribution is -0.137. The Morgan fingerprint density at radius 3 is 2.89 bits per heavy atom. The van der Waals surface area contributed by atoms with Crippen molar-refractivity contribution in [2.24, 2.45) is 7.05 Å². The molecule has 0 spiro atoms. The van der Waals surface area contributed by atoms with Gasteiger partial charge in [0.05, 0.1) is 0 Å². The molecule has 1 fully saturated rings. The van der Waals surface area contributed by atoms with Crippen LogP contribution >= 0.6 is 0 Å². The molecule has 104 valence electrons. The molecule has 1 saturated carbocycles. The number of aliphatic carboxylic acids is 1. The summed E-state index contributed by atoms with van der Waals surface area (Å²) in [6, 6.07) is 1.53. The summed E-state index contributed by atoms with van der Waals surface area (Å²) in [4.78, 5) is 21.8. The van der Waals surface area contributed by atoms with Crippen LogP contribution in [0.1, 0.15) is 37.3 Å². The van der Waals surface area contributed by atoms with Gasteiger partial charge in [0.2, 0.25) is 0 Å². The van der Waals surface area contributed by atoms with Crippen molar-refractivity contribution in [1.29, 1.82) is 0 Å². The van der Waals surface area contributed by atoms with E-state index >= 15 is 0 Å². The number of hydrogen-bond donors (Lipinski definition) is 3. The highest BCUT2D eigenvalue weighted by molar-refractivity contribution is 5.88. The van der Waals surface area contributed by atoms with E-state index in [2.05, 4.69) is 15.7 Å². The lowest BCUT2D eigenvalue weighted by Crippen LogP contribution is -2.30. The van der Waals surface area contributed by atoms with Crippen LogP contribution in [0.4, 0.5) is 10.6 Å². The average Bonchev–Trinajstić information content (AvgIpc) is 3.10. The van der Waals surface area contributed by atoms with Gasteiger partial charge in [0.15, 0.2) is 5.82 Å². The quantitative estimate of drug-likeness (QED) is 0.676. The average molecular weight is 266 g/mol. The number of nitrogens with one attached hydrogen (secondary N) is 2. The van der Waals surface area contributed by atoms with Gasteiger partial charge in [-0.1, -0.05) is 0 Å². The smallest absolute Gasteiger partial charge is 0.320 e. The molecule has 7 nitrogen and oxygen atoms in total. The zero-order chi connectivity index (χ0) is 13.8. The van der Waals surface area contributed by atoms with Crippen LogP contribution in [-0.2, 0) is 11.8 Å². The Balaban J connectivity index is 1.75. The molecular formula is C12H18N4O3. The number of aromatic nitrogens is 2. The predicted molar refractivity (Wildman–Crippen MR) is 69.1 cm³/mol. The van der Waals surface area contributed by atoms with E-state index in [-0.39, 0.29) is 12.5 Å². The minimum atomic E-state index is -0.860. The van der Waals surface area contributed by atoms with Crippen molar-refractivity contribution in [3.63, 3.8) is 0 Å². The standard InChI is InChI=1S/C12H18N4O3/c1-16-9(8-4-5-8)7-10(15-16)14-12(19)13-6-2-3-11(17)18/h7-8H,2-6H2,1H3,(H,17,18)(H2,13,14,15,19). The number of aryl methyl sites for hydroxylation is 1. The maximum atomic E-state index is 11.5. The van der Waals surface area contributed by atoms with E-state index in [1.165, 1.54) is 12.8 Å². The van der Waals surface area contributed by atoms with Crippen LogP contribution in [0.25, 0.3) is 0 Å². The summed E-state index contributed by atoms with van der Waals surface area (Å²) >= 11 is 0. The van der Waals surface area contributed by atoms with Crippen molar-refractivity contribution in [2.75, 3.05) is 11.9 Å². The number of carbonyl (C=O) groups is 2. The number of carboxylic acids is 1. The largest absolute Gasteiger partial charge is 0.481 e. The molecule has 1 aliphatic rings. The van der Waals surface area contributed by atoms with Crippen molar-refractivity contribution in [3.05, 3.63) is 11.8 Å². The second kappa shape index (κ2) is 5.73. The Morgan fingerprint density at radius 2 is 2.26 bits per heavy atom. The summed E-state index contributed by atoms with van der Waals surface area (Å²) in [5.41, 5.74) is 1.14. The summed E-state index contributed by atoms with van der Waals surface area (Å²) in [5, 5.41) is 17.9. The molecule has 1 aromatic heterocycles. The second-order valence-corrected chi connectivity index (χ2v) is 4.73. The molecule has 1 aliphatic carbocycles. The molecule has 0 radical (unpaired) electrons. The maximum absolute atomic E-state index is 11.5. The van der Waals surface area contributed by atoms with Gasteiger partial charge in [-0.05, 0) is 19.3 Å².